The average molecular weight is 700 g/mol. The van der Waals surface area contributed by atoms with Crippen molar-refractivity contribution in [2.45, 2.75) is 0 Å². The highest BCUT2D eigenvalue weighted by Crippen LogP contribution is 2.29. The maximum Gasteiger partial charge on any atom is 0.383 e. The molecular weight excluding hydrogens is 673 g/mol. The van der Waals surface area contributed by atoms with Crippen molar-refractivity contribution in [3.8, 4) is 49.5 Å². The highest BCUT2D eigenvalue weighted by atomic mass is 32.1. The SMILES string of the molecule is C#CC(=O)OC.COC(=O)c1cc(-c2ccccc2)sn1.COC(=O)c1cnsc1-c1ccccc1.[O-]c1nnsc1-c1ccccc1. The smallest absolute Gasteiger partial charge is 0.383 e. The zero-order chi connectivity index (χ0) is 34.7. The van der Waals surface area contributed by atoms with Crippen LogP contribution in [0.2, 0.25) is 0 Å². The van der Waals surface area contributed by atoms with Crippen LogP contribution in [-0.4, -0.2) is 57.6 Å². The molecule has 6 aromatic rings. The van der Waals surface area contributed by atoms with Gasteiger partial charge in [0, 0.05) is 11.8 Å². The van der Waals surface area contributed by atoms with Gasteiger partial charge >= 0.3 is 17.9 Å². The molecule has 244 valence electrons. The third-order valence-electron chi connectivity index (χ3n) is 5.77. The van der Waals surface area contributed by atoms with E-state index in [1.165, 1.54) is 44.4 Å². The highest BCUT2D eigenvalue weighted by molar-refractivity contribution is 7.10. The lowest BCUT2D eigenvalue weighted by Gasteiger charge is -2.01. The second-order valence-electron chi connectivity index (χ2n) is 8.77. The van der Waals surface area contributed by atoms with Crippen molar-refractivity contribution in [2.24, 2.45) is 0 Å². The largest absolute Gasteiger partial charge is 0.856 e. The first kappa shape index (κ1) is 36.7. The van der Waals surface area contributed by atoms with Crippen molar-refractivity contribution in [3.63, 3.8) is 0 Å². The summed E-state index contributed by atoms with van der Waals surface area (Å²) in [6, 6.07) is 30.6. The third kappa shape index (κ3) is 11.0. The molecule has 0 saturated carbocycles. The van der Waals surface area contributed by atoms with E-state index in [1.807, 2.05) is 91.0 Å². The van der Waals surface area contributed by atoms with Gasteiger partial charge in [0.15, 0.2) is 5.69 Å². The summed E-state index contributed by atoms with van der Waals surface area (Å²) in [5, 5.41) is 14.5. The Balaban J connectivity index is 0.000000181. The number of esters is 3. The normalized spacial score (nSPS) is 9.46. The first-order valence-electron chi connectivity index (χ1n) is 13.6. The van der Waals surface area contributed by atoms with Gasteiger partial charge in [-0.2, -0.15) is 13.8 Å². The lowest BCUT2D eigenvalue weighted by atomic mass is 10.1. The van der Waals surface area contributed by atoms with E-state index in [1.54, 1.807) is 18.2 Å². The fourth-order valence-corrected chi connectivity index (χ4v) is 5.54. The number of terminal acetylenes is 1. The minimum Gasteiger partial charge on any atom is -0.856 e. The molecule has 0 aliphatic rings. The summed E-state index contributed by atoms with van der Waals surface area (Å²) < 4.78 is 24.9. The maximum absolute atomic E-state index is 11.4. The fraction of sp³-hybridized carbons (Fsp3) is 0.0882. The van der Waals surface area contributed by atoms with Gasteiger partial charge in [0.2, 0.25) is 0 Å². The average Bonchev–Trinajstić information content (AvgIpc) is 3.94. The Morgan fingerprint density at radius 1 is 0.708 bits per heavy atom. The Morgan fingerprint density at radius 2 is 1.25 bits per heavy atom. The topological polar surface area (TPSA) is 154 Å². The minimum absolute atomic E-state index is 0.244. The maximum atomic E-state index is 11.4. The van der Waals surface area contributed by atoms with Gasteiger partial charge in [-0.1, -0.05) is 95.5 Å². The number of methoxy groups -OCH3 is 3. The lowest BCUT2D eigenvalue weighted by molar-refractivity contribution is -0.273. The van der Waals surface area contributed by atoms with E-state index < -0.39 is 11.9 Å². The van der Waals surface area contributed by atoms with E-state index in [0.29, 0.717) is 16.1 Å². The second-order valence-corrected chi connectivity index (χ2v) is 11.1. The minimum atomic E-state index is -0.630. The molecule has 6 rings (SSSR count). The molecule has 0 aliphatic carbocycles. The Bertz CT molecular complexity index is 1920. The van der Waals surface area contributed by atoms with E-state index in [9.17, 15) is 19.5 Å². The Morgan fingerprint density at radius 3 is 1.71 bits per heavy atom. The Hall–Kier alpha value is -5.75. The summed E-state index contributed by atoms with van der Waals surface area (Å²) >= 11 is 3.72. The third-order valence-corrected chi connectivity index (χ3v) is 8.22. The van der Waals surface area contributed by atoms with Crippen LogP contribution in [0.4, 0.5) is 0 Å². The number of ether oxygens (including phenoxy) is 3. The van der Waals surface area contributed by atoms with Crippen molar-refractivity contribution in [2.75, 3.05) is 21.3 Å². The first-order valence-corrected chi connectivity index (χ1v) is 15.9. The molecule has 3 aromatic carbocycles. The van der Waals surface area contributed by atoms with E-state index in [-0.39, 0.29) is 11.8 Å². The number of nitrogens with zero attached hydrogens (tertiary/aromatic N) is 4. The van der Waals surface area contributed by atoms with Crippen molar-refractivity contribution in [1.29, 1.82) is 0 Å². The molecule has 0 bridgehead atoms. The summed E-state index contributed by atoms with van der Waals surface area (Å²) in [6.45, 7) is 0. The lowest BCUT2D eigenvalue weighted by Crippen LogP contribution is -2.00. The number of hydrogen-bond acceptors (Lipinski definition) is 14. The van der Waals surface area contributed by atoms with E-state index in [4.69, 9.17) is 0 Å². The standard InChI is InChI=1S/2C11H9NO2S.C8H6N2OS.C4H4O2/c1-14-11(13)9-7-12-15-10(9)8-5-3-2-4-6-8;1-14-11(13)9-7-10(15-12-9)8-5-3-2-4-6-8;11-8-7(12-10-9-8)6-4-2-1-3-5-6;1-3-4(5)6-2/h2*2-7H,1H3;1-5,11H;1H,2H3/p-1. The summed E-state index contributed by atoms with van der Waals surface area (Å²) in [4.78, 5) is 34.7. The molecule has 3 heterocycles. The van der Waals surface area contributed by atoms with E-state index in [0.717, 1.165) is 38.0 Å². The Labute approximate surface area is 288 Å². The van der Waals surface area contributed by atoms with Gasteiger partial charge in [-0.15, -0.1) is 6.42 Å². The molecule has 0 fully saturated rings. The van der Waals surface area contributed by atoms with Gasteiger partial charge in [-0.25, -0.2) is 14.4 Å². The molecule has 0 atom stereocenters. The fourth-order valence-electron chi connectivity index (χ4n) is 3.51. The highest BCUT2D eigenvalue weighted by Gasteiger charge is 2.15. The predicted molar refractivity (Wildman–Crippen MR) is 183 cm³/mol. The number of rotatable bonds is 5. The molecule has 0 aliphatic heterocycles. The van der Waals surface area contributed by atoms with E-state index in [2.05, 4.69) is 39.0 Å². The molecule has 0 spiro atoms. The zero-order valence-corrected chi connectivity index (χ0v) is 28.2. The molecule has 11 nitrogen and oxygen atoms in total. The quantitative estimate of drug-likeness (QED) is 0.0867. The summed E-state index contributed by atoms with van der Waals surface area (Å²) in [7, 11) is 3.96. The molecule has 0 radical (unpaired) electrons. The van der Waals surface area contributed by atoms with Crippen LogP contribution in [0.1, 0.15) is 20.8 Å². The van der Waals surface area contributed by atoms with Gasteiger partial charge in [-0.05, 0) is 57.4 Å². The van der Waals surface area contributed by atoms with Gasteiger partial charge in [0.25, 0.3) is 0 Å². The summed E-state index contributed by atoms with van der Waals surface area (Å²) in [5.41, 5.74) is 3.82. The molecule has 3 aromatic heterocycles. The number of carbonyl (C=O) groups excluding carboxylic acids is 3. The predicted octanol–water partition coefficient (Wildman–Crippen LogP) is 6.26. The summed E-state index contributed by atoms with van der Waals surface area (Å²) in [5.74, 6) is 0.140. The number of hydrogen-bond donors (Lipinski definition) is 0. The van der Waals surface area contributed by atoms with Crippen LogP contribution >= 0.6 is 34.6 Å². The van der Waals surface area contributed by atoms with Crippen molar-refractivity contribution in [3.05, 3.63) is 115 Å². The van der Waals surface area contributed by atoms with Crippen LogP contribution < -0.4 is 5.11 Å². The molecule has 0 saturated heterocycles. The zero-order valence-electron chi connectivity index (χ0n) is 25.8. The molecule has 0 amide bonds. The van der Waals surface area contributed by atoms with Crippen LogP contribution in [0.25, 0.3) is 31.3 Å². The number of benzene rings is 3. The molecule has 48 heavy (non-hydrogen) atoms. The van der Waals surface area contributed by atoms with Gasteiger partial charge < -0.3 is 19.3 Å². The monoisotopic (exact) mass is 699 g/mol. The first-order chi connectivity index (χ1) is 23.3. The van der Waals surface area contributed by atoms with Crippen LogP contribution in [0, 0.1) is 12.3 Å². The van der Waals surface area contributed by atoms with Crippen LogP contribution in [0.5, 0.6) is 5.88 Å². The van der Waals surface area contributed by atoms with Gasteiger partial charge in [0.1, 0.15) is 0 Å². The molecule has 14 heteroatoms. The molecule has 0 unspecified atom stereocenters. The van der Waals surface area contributed by atoms with Crippen LogP contribution in [0.15, 0.2) is 103 Å². The second kappa shape index (κ2) is 19.7. The van der Waals surface area contributed by atoms with Crippen LogP contribution in [0.3, 0.4) is 0 Å². The number of aromatic nitrogens is 4. The van der Waals surface area contributed by atoms with Crippen molar-refractivity contribution in [1.82, 2.24) is 18.3 Å². The Kier molecular flexibility index (Phi) is 15.1. The molecular formula is C34H27N4O7S3-. The molecule has 0 N–H and O–H groups in total. The van der Waals surface area contributed by atoms with Gasteiger partial charge in [-0.3, -0.25) is 0 Å². The van der Waals surface area contributed by atoms with Crippen molar-refractivity contribution >= 4 is 52.5 Å². The van der Waals surface area contributed by atoms with Gasteiger partial charge in [0.05, 0.1) is 47.7 Å². The number of carbonyl (C=O) groups is 3. The summed E-state index contributed by atoms with van der Waals surface area (Å²) in [6.07, 6.45) is 6.10. The van der Waals surface area contributed by atoms with Crippen molar-refractivity contribution < 1.29 is 33.7 Å². The van der Waals surface area contributed by atoms with Crippen LogP contribution in [-0.2, 0) is 19.0 Å². The van der Waals surface area contributed by atoms with E-state index >= 15 is 0 Å².